The van der Waals surface area contributed by atoms with Crippen LogP contribution in [0.1, 0.15) is 16.7 Å². The van der Waals surface area contributed by atoms with Crippen molar-refractivity contribution in [3.8, 4) is 6.07 Å². The third-order valence-electron chi connectivity index (χ3n) is 2.85. The van der Waals surface area contributed by atoms with Gasteiger partial charge in [0, 0.05) is 5.69 Å². The average Bonchev–Trinajstić information content (AvgIpc) is 2.54. The molecule has 2 rings (SSSR count). The Kier molecular flexibility index (Phi) is 4.86. The molecule has 1 amide bonds. The van der Waals surface area contributed by atoms with E-state index in [2.05, 4.69) is 11.4 Å². The minimum atomic E-state index is -0.527. The number of rotatable bonds is 4. The quantitative estimate of drug-likeness (QED) is 0.844. The van der Waals surface area contributed by atoms with E-state index in [1.807, 2.05) is 36.4 Å². The molecule has 4 nitrogen and oxygen atoms in total. The van der Waals surface area contributed by atoms with Crippen molar-refractivity contribution < 1.29 is 9.90 Å². The highest BCUT2D eigenvalue weighted by atomic mass is 16.3. The third kappa shape index (κ3) is 4.30. The van der Waals surface area contributed by atoms with Crippen LogP contribution in [-0.2, 0) is 4.79 Å². The van der Waals surface area contributed by atoms with Crippen LogP contribution < -0.4 is 5.32 Å². The highest BCUT2D eigenvalue weighted by Crippen LogP contribution is 2.13. The van der Waals surface area contributed by atoms with Gasteiger partial charge in [0.05, 0.1) is 11.6 Å². The second kappa shape index (κ2) is 7.04. The first-order valence-corrected chi connectivity index (χ1v) is 6.40. The van der Waals surface area contributed by atoms with Gasteiger partial charge in [-0.1, -0.05) is 36.4 Å². The monoisotopic (exact) mass is 278 g/mol. The van der Waals surface area contributed by atoms with Crippen molar-refractivity contribution in [3.63, 3.8) is 0 Å². The Morgan fingerprint density at radius 3 is 2.05 bits per heavy atom. The van der Waals surface area contributed by atoms with Gasteiger partial charge < -0.3 is 10.4 Å². The number of nitrogens with one attached hydrogen (secondary N) is 1. The van der Waals surface area contributed by atoms with E-state index in [1.165, 1.54) is 0 Å². The van der Waals surface area contributed by atoms with E-state index < -0.39 is 12.5 Å². The van der Waals surface area contributed by atoms with Crippen LogP contribution in [0, 0.1) is 11.3 Å². The Morgan fingerprint density at radius 1 is 1.05 bits per heavy atom. The highest BCUT2D eigenvalue weighted by molar-refractivity contribution is 5.91. The lowest BCUT2D eigenvalue weighted by atomic mass is 10.1. The van der Waals surface area contributed by atoms with Crippen LogP contribution in [-0.4, -0.2) is 17.6 Å². The van der Waals surface area contributed by atoms with Gasteiger partial charge in [0.2, 0.25) is 5.91 Å². The van der Waals surface area contributed by atoms with Gasteiger partial charge in [-0.05, 0) is 35.4 Å². The minimum absolute atomic E-state index is 0.434. The Hall–Kier alpha value is -2.90. The summed E-state index contributed by atoms with van der Waals surface area (Å²) in [4.78, 5) is 11.0. The molecule has 0 spiro atoms. The Bertz CT molecular complexity index is 680. The predicted molar refractivity (Wildman–Crippen MR) is 82.2 cm³/mol. The number of carbonyl (C=O) groups excluding carboxylic acids is 1. The van der Waals surface area contributed by atoms with Crippen LogP contribution in [0.2, 0.25) is 0 Å². The van der Waals surface area contributed by atoms with Gasteiger partial charge in [-0.25, -0.2) is 0 Å². The summed E-state index contributed by atoms with van der Waals surface area (Å²) in [6.45, 7) is -0.527. The normalized spacial score (nSPS) is 10.3. The topological polar surface area (TPSA) is 73.1 Å². The molecule has 0 fully saturated rings. The van der Waals surface area contributed by atoms with Crippen LogP contribution in [0.25, 0.3) is 12.2 Å². The van der Waals surface area contributed by atoms with Crippen molar-refractivity contribution in [1.29, 1.82) is 5.26 Å². The molecule has 0 bridgehead atoms. The summed E-state index contributed by atoms with van der Waals surface area (Å²) in [6, 6.07) is 16.7. The van der Waals surface area contributed by atoms with Crippen molar-refractivity contribution >= 4 is 23.7 Å². The summed E-state index contributed by atoms with van der Waals surface area (Å²) in [5, 5.41) is 19.9. The molecule has 0 aliphatic rings. The number of aliphatic hydroxyl groups excluding tert-OH is 1. The fraction of sp³-hybridized carbons (Fsp3) is 0.0588. The lowest BCUT2D eigenvalue weighted by Gasteiger charge is -2.03. The minimum Gasteiger partial charge on any atom is -0.387 e. The summed E-state index contributed by atoms with van der Waals surface area (Å²) in [6.07, 6.45) is 3.89. The number of nitriles is 1. The van der Waals surface area contributed by atoms with Crippen LogP contribution in [0.5, 0.6) is 0 Å². The van der Waals surface area contributed by atoms with Gasteiger partial charge in [-0.15, -0.1) is 0 Å². The molecule has 0 aliphatic carbocycles. The fourth-order valence-electron chi connectivity index (χ4n) is 1.74. The summed E-state index contributed by atoms with van der Waals surface area (Å²) in [5.74, 6) is -0.434. The predicted octanol–water partition coefficient (Wildman–Crippen LogP) is 2.66. The summed E-state index contributed by atoms with van der Waals surface area (Å²) >= 11 is 0. The second-order valence-corrected chi connectivity index (χ2v) is 4.40. The molecule has 0 saturated heterocycles. The first kappa shape index (κ1) is 14.5. The van der Waals surface area contributed by atoms with E-state index in [9.17, 15) is 4.79 Å². The van der Waals surface area contributed by atoms with Crippen LogP contribution >= 0.6 is 0 Å². The molecule has 0 saturated carbocycles. The van der Waals surface area contributed by atoms with E-state index in [-0.39, 0.29) is 0 Å². The highest BCUT2D eigenvalue weighted by Gasteiger charge is 1.98. The third-order valence-corrected chi connectivity index (χ3v) is 2.85. The number of hydrogen-bond acceptors (Lipinski definition) is 3. The fourth-order valence-corrected chi connectivity index (χ4v) is 1.74. The number of hydrogen-bond donors (Lipinski definition) is 2. The second-order valence-electron chi connectivity index (χ2n) is 4.40. The molecule has 0 unspecified atom stereocenters. The van der Waals surface area contributed by atoms with Crippen LogP contribution in [0.3, 0.4) is 0 Å². The molecule has 2 aromatic rings. The maximum Gasteiger partial charge on any atom is 0.250 e. The molecule has 0 atom stereocenters. The summed E-state index contributed by atoms with van der Waals surface area (Å²) in [7, 11) is 0. The number of aliphatic hydroxyl groups is 1. The van der Waals surface area contributed by atoms with Crippen LogP contribution in [0.15, 0.2) is 48.5 Å². The first-order valence-electron chi connectivity index (χ1n) is 6.40. The molecule has 0 heterocycles. The number of benzene rings is 2. The van der Waals surface area contributed by atoms with Crippen molar-refractivity contribution in [1.82, 2.24) is 0 Å². The molecule has 0 aromatic heterocycles. The maximum absolute atomic E-state index is 11.0. The molecular formula is C17H14N2O2. The van der Waals surface area contributed by atoms with E-state index >= 15 is 0 Å². The molecule has 104 valence electrons. The van der Waals surface area contributed by atoms with Crippen LogP contribution in [0.4, 0.5) is 5.69 Å². The van der Waals surface area contributed by atoms with Gasteiger partial charge in [0.1, 0.15) is 6.61 Å². The SMILES string of the molecule is N#Cc1ccc(/C=C/c2ccc(NC(=O)CO)cc2)cc1. The molecule has 0 aliphatic heterocycles. The zero-order chi connectivity index (χ0) is 15.1. The Labute approximate surface area is 123 Å². The Morgan fingerprint density at radius 2 is 1.57 bits per heavy atom. The molecule has 21 heavy (non-hydrogen) atoms. The lowest BCUT2D eigenvalue weighted by Crippen LogP contribution is -2.15. The zero-order valence-electron chi connectivity index (χ0n) is 11.3. The smallest absolute Gasteiger partial charge is 0.250 e. The maximum atomic E-state index is 11.0. The van der Waals surface area contributed by atoms with Gasteiger partial charge in [-0.3, -0.25) is 4.79 Å². The van der Waals surface area contributed by atoms with Crippen molar-refractivity contribution in [2.24, 2.45) is 0 Å². The summed E-state index contributed by atoms with van der Waals surface area (Å²) in [5.41, 5.74) is 3.27. The van der Waals surface area contributed by atoms with Crippen molar-refractivity contribution in [3.05, 3.63) is 65.2 Å². The number of carbonyl (C=O) groups is 1. The van der Waals surface area contributed by atoms with E-state index in [1.54, 1.807) is 24.3 Å². The van der Waals surface area contributed by atoms with Crippen molar-refractivity contribution in [2.75, 3.05) is 11.9 Å². The number of anilines is 1. The van der Waals surface area contributed by atoms with E-state index in [0.29, 0.717) is 11.3 Å². The molecule has 2 N–H and O–H groups in total. The largest absolute Gasteiger partial charge is 0.387 e. The van der Waals surface area contributed by atoms with Gasteiger partial charge in [0.15, 0.2) is 0 Å². The standard InChI is InChI=1S/C17H14N2O2/c18-11-15-5-3-13(4-6-15)1-2-14-7-9-16(10-8-14)19-17(21)12-20/h1-10,20H,12H2,(H,19,21)/b2-1+. The zero-order valence-corrected chi connectivity index (χ0v) is 11.3. The molecular weight excluding hydrogens is 264 g/mol. The number of amides is 1. The van der Waals surface area contributed by atoms with E-state index in [4.69, 9.17) is 10.4 Å². The average molecular weight is 278 g/mol. The molecule has 4 heteroatoms. The molecule has 2 aromatic carbocycles. The van der Waals surface area contributed by atoms with Gasteiger partial charge in [0.25, 0.3) is 0 Å². The molecule has 0 radical (unpaired) electrons. The Balaban J connectivity index is 2.03. The van der Waals surface area contributed by atoms with E-state index in [0.717, 1.165) is 11.1 Å². The lowest BCUT2D eigenvalue weighted by molar-refractivity contribution is -0.118. The summed E-state index contributed by atoms with van der Waals surface area (Å²) < 4.78 is 0. The number of nitrogens with zero attached hydrogens (tertiary/aromatic N) is 1. The van der Waals surface area contributed by atoms with Crippen molar-refractivity contribution in [2.45, 2.75) is 0 Å². The van der Waals surface area contributed by atoms with Gasteiger partial charge in [-0.2, -0.15) is 5.26 Å². The first-order chi connectivity index (χ1) is 10.2. The van der Waals surface area contributed by atoms with Gasteiger partial charge >= 0.3 is 0 Å².